The number of hydrogen-bond acceptors (Lipinski definition) is 4. The lowest BCUT2D eigenvalue weighted by Crippen LogP contribution is -2.26. The van der Waals surface area contributed by atoms with Gasteiger partial charge in [-0.25, -0.2) is 4.98 Å². The van der Waals surface area contributed by atoms with Crippen LogP contribution in [-0.2, 0) is 6.42 Å². The Bertz CT molecular complexity index is 1290. The van der Waals surface area contributed by atoms with Crippen LogP contribution in [0.25, 0.3) is 22.2 Å². The molecule has 0 atom stereocenters. The van der Waals surface area contributed by atoms with Crippen LogP contribution in [0.3, 0.4) is 0 Å². The number of ether oxygens (including phenoxy) is 2. The van der Waals surface area contributed by atoms with Crippen LogP contribution >= 0.6 is 11.6 Å². The summed E-state index contributed by atoms with van der Waals surface area (Å²) < 4.78 is 10.9. The van der Waals surface area contributed by atoms with Gasteiger partial charge in [0.15, 0.2) is 11.5 Å². The second kappa shape index (κ2) is 8.28. The molecule has 1 amide bonds. The number of carbonyl (C=O) groups excluding carboxylic acids is 1. The molecule has 1 N–H and O–H groups in total. The zero-order chi connectivity index (χ0) is 21.2. The van der Waals surface area contributed by atoms with Crippen molar-refractivity contribution in [2.24, 2.45) is 0 Å². The fourth-order valence-corrected chi connectivity index (χ4v) is 3.89. The van der Waals surface area contributed by atoms with E-state index in [2.05, 4.69) is 5.32 Å². The summed E-state index contributed by atoms with van der Waals surface area (Å²) in [6, 6.07) is 22.8. The van der Waals surface area contributed by atoms with Crippen molar-refractivity contribution in [2.45, 2.75) is 6.42 Å². The molecule has 1 aliphatic heterocycles. The minimum Gasteiger partial charge on any atom is -0.454 e. The number of pyridine rings is 1. The molecule has 0 aliphatic carbocycles. The normalized spacial score (nSPS) is 12.2. The molecule has 1 aromatic heterocycles. The monoisotopic (exact) mass is 430 g/mol. The quantitative estimate of drug-likeness (QED) is 0.469. The highest BCUT2D eigenvalue weighted by Crippen LogP contribution is 2.36. The lowest BCUT2D eigenvalue weighted by Gasteiger charge is -2.11. The number of carbonyl (C=O) groups is 1. The number of amides is 1. The Morgan fingerprint density at radius 2 is 1.84 bits per heavy atom. The van der Waals surface area contributed by atoms with Crippen molar-refractivity contribution in [1.29, 1.82) is 0 Å². The molecule has 0 radical (unpaired) electrons. The number of nitrogens with zero attached hydrogens (tertiary/aromatic N) is 1. The largest absolute Gasteiger partial charge is 0.454 e. The van der Waals surface area contributed by atoms with Crippen molar-refractivity contribution >= 4 is 28.4 Å². The lowest BCUT2D eigenvalue weighted by molar-refractivity contribution is 0.0955. The molecular weight excluding hydrogens is 412 g/mol. The third-order valence-electron chi connectivity index (χ3n) is 5.22. The number of fused-ring (bicyclic) bond motifs is 2. The molecule has 5 rings (SSSR count). The van der Waals surface area contributed by atoms with Gasteiger partial charge in [0, 0.05) is 22.5 Å². The molecule has 0 spiro atoms. The number of halogens is 1. The van der Waals surface area contributed by atoms with Crippen molar-refractivity contribution in [3.05, 3.63) is 88.9 Å². The van der Waals surface area contributed by atoms with E-state index in [9.17, 15) is 4.79 Å². The maximum Gasteiger partial charge on any atom is 0.252 e. The van der Waals surface area contributed by atoms with Crippen molar-refractivity contribution in [3.8, 4) is 22.8 Å². The smallest absolute Gasteiger partial charge is 0.252 e. The Kier molecular flexibility index (Phi) is 5.18. The van der Waals surface area contributed by atoms with E-state index >= 15 is 0 Å². The average molecular weight is 431 g/mol. The number of aromatic nitrogens is 1. The third-order valence-corrected chi connectivity index (χ3v) is 5.45. The van der Waals surface area contributed by atoms with Crippen LogP contribution in [0.4, 0.5) is 0 Å². The summed E-state index contributed by atoms with van der Waals surface area (Å²) >= 11 is 6.05. The Hall–Kier alpha value is -3.57. The summed E-state index contributed by atoms with van der Waals surface area (Å²) in [6.45, 7) is 0.722. The van der Waals surface area contributed by atoms with Gasteiger partial charge >= 0.3 is 0 Å². The Morgan fingerprint density at radius 3 is 2.74 bits per heavy atom. The molecular formula is C25H19ClN2O3. The number of hydrogen-bond donors (Lipinski definition) is 1. The van der Waals surface area contributed by atoms with E-state index in [1.54, 1.807) is 0 Å². The number of nitrogens with one attached hydrogen (secondary N) is 1. The van der Waals surface area contributed by atoms with E-state index in [0.29, 0.717) is 40.7 Å². The van der Waals surface area contributed by atoms with E-state index in [1.807, 2.05) is 72.8 Å². The van der Waals surface area contributed by atoms with Crippen LogP contribution in [0.15, 0.2) is 72.8 Å². The summed E-state index contributed by atoms with van der Waals surface area (Å²) in [4.78, 5) is 17.8. The van der Waals surface area contributed by atoms with Gasteiger partial charge in [0.25, 0.3) is 5.91 Å². The van der Waals surface area contributed by atoms with Crippen molar-refractivity contribution < 1.29 is 14.3 Å². The molecule has 154 valence electrons. The zero-order valence-electron chi connectivity index (χ0n) is 16.6. The van der Waals surface area contributed by atoms with E-state index in [1.165, 1.54) is 0 Å². The van der Waals surface area contributed by atoms with Gasteiger partial charge in [-0.1, -0.05) is 41.9 Å². The SMILES string of the molecule is O=C(NCCc1cccc(Cl)c1)c1cc(-c2ccc3c(c2)OCO3)nc2ccccc12. The first-order valence-corrected chi connectivity index (χ1v) is 10.4. The third kappa shape index (κ3) is 4.05. The summed E-state index contributed by atoms with van der Waals surface area (Å²) in [6.07, 6.45) is 0.699. The van der Waals surface area contributed by atoms with E-state index in [-0.39, 0.29) is 12.7 Å². The summed E-state index contributed by atoms with van der Waals surface area (Å²) in [7, 11) is 0. The fraction of sp³-hybridized carbons (Fsp3) is 0.120. The second-order valence-electron chi connectivity index (χ2n) is 7.28. The Balaban J connectivity index is 1.44. The topological polar surface area (TPSA) is 60.5 Å². The summed E-state index contributed by atoms with van der Waals surface area (Å²) in [5.41, 5.74) is 4.00. The highest BCUT2D eigenvalue weighted by Gasteiger charge is 2.17. The van der Waals surface area contributed by atoms with Crippen molar-refractivity contribution in [2.75, 3.05) is 13.3 Å². The van der Waals surface area contributed by atoms with Crippen molar-refractivity contribution in [3.63, 3.8) is 0 Å². The standard InChI is InChI=1S/C25H19ClN2O3/c26-18-5-3-4-16(12-18)10-11-27-25(29)20-14-22(28-21-7-2-1-6-19(20)21)17-8-9-23-24(13-17)31-15-30-23/h1-9,12-14H,10-11,15H2,(H,27,29). The van der Waals surface area contributed by atoms with Crippen LogP contribution in [0.5, 0.6) is 11.5 Å². The van der Waals surface area contributed by atoms with Gasteiger partial charge < -0.3 is 14.8 Å². The molecule has 1 aliphatic rings. The molecule has 6 heteroatoms. The van der Waals surface area contributed by atoms with Crippen LogP contribution in [-0.4, -0.2) is 24.2 Å². The number of para-hydroxylation sites is 1. The molecule has 0 saturated heterocycles. The minimum absolute atomic E-state index is 0.136. The van der Waals surface area contributed by atoms with Gasteiger partial charge in [0.2, 0.25) is 6.79 Å². The molecule has 2 heterocycles. The van der Waals surface area contributed by atoms with E-state index < -0.39 is 0 Å². The Labute approximate surface area is 184 Å². The minimum atomic E-state index is -0.136. The lowest BCUT2D eigenvalue weighted by atomic mass is 10.0. The predicted molar refractivity (Wildman–Crippen MR) is 121 cm³/mol. The highest BCUT2D eigenvalue weighted by atomic mass is 35.5. The maximum atomic E-state index is 13.1. The van der Waals surface area contributed by atoms with Gasteiger partial charge in [-0.2, -0.15) is 0 Å². The van der Waals surface area contributed by atoms with Crippen LogP contribution in [0, 0.1) is 0 Å². The first-order chi connectivity index (χ1) is 15.2. The number of rotatable bonds is 5. The van der Waals surface area contributed by atoms with Crippen molar-refractivity contribution in [1.82, 2.24) is 10.3 Å². The van der Waals surface area contributed by atoms with Gasteiger partial charge in [0.1, 0.15) is 0 Å². The molecule has 0 bridgehead atoms. The molecule has 5 nitrogen and oxygen atoms in total. The van der Waals surface area contributed by atoms with Gasteiger partial charge in [-0.3, -0.25) is 4.79 Å². The van der Waals surface area contributed by atoms with E-state index in [0.717, 1.165) is 22.0 Å². The summed E-state index contributed by atoms with van der Waals surface area (Å²) in [5.74, 6) is 1.26. The first kappa shape index (κ1) is 19.4. The second-order valence-corrected chi connectivity index (χ2v) is 7.71. The molecule has 3 aromatic carbocycles. The summed E-state index contributed by atoms with van der Waals surface area (Å²) in [5, 5.41) is 4.53. The predicted octanol–water partition coefficient (Wildman–Crippen LogP) is 5.26. The van der Waals surface area contributed by atoms with Gasteiger partial charge in [-0.15, -0.1) is 0 Å². The van der Waals surface area contributed by atoms with Gasteiger partial charge in [-0.05, 0) is 54.4 Å². The van der Waals surface area contributed by atoms with Crippen LogP contribution in [0.2, 0.25) is 5.02 Å². The Morgan fingerprint density at radius 1 is 0.968 bits per heavy atom. The maximum absolute atomic E-state index is 13.1. The van der Waals surface area contributed by atoms with Crippen LogP contribution in [0.1, 0.15) is 15.9 Å². The molecule has 31 heavy (non-hydrogen) atoms. The molecule has 4 aromatic rings. The van der Waals surface area contributed by atoms with Crippen LogP contribution < -0.4 is 14.8 Å². The highest BCUT2D eigenvalue weighted by molar-refractivity contribution is 6.30. The van der Waals surface area contributed by atoms with Gasteiger partial charge in [0.05, 0.1) is 16.8 Å². The first-order valence-electron chi connectivity index (χ1n) is 10.00. The molecule has 0 unspecified atom stereocenters. The fourth-order valence-electron chi connectivity index (χ4n) is 3.68. The molecule has 0 fully saturated rings. The average Bonchev–Trinajstić information content (AvgIpc) is 3.26. The van der Waals surface area contributed by atoms with E-state index in [4.69, 9.17) is 26.1 Å². The number of benzene rings is 3. The molecule has 0 saturated carbocycles. The zero-order valence-corrected chi connectivity index (χ0v) is 17.4.